The lowest BCUT2D eigenvalue weighted by Crippen LogP contribution is -2.20. The van der Waals surface area contributed by atoms with Crippen molar-refractivity contribution in [2.24, 2.45) is 0 Å². The molecule has 0 saturated carbocycles. The van der Waals surface area contributed by atoms with Crippen LogP contribution in [0.15, 0.2) is 54.7 Å². The summed E-state index contributed by atoms with van der Waals surface area (Å²) >= 11 is 0. The summed E-state index contributed by atoms with van der Waals surface area (Å²) in [6.07, 6.45) is 2.53. The van der Waals surface area contributed by atoms with Gasteiger partial charge in [-0.2, -0.15) is 5.10 Å². The first-order valence-electron chi connectivity index (χ1n) is 7.07. The van der Waals surface area contributed by atoms with E-state index in [0.717, 1.165) is 28.6 Å². The van der Waals surface area contributed by atoms with Gasteiger partial charge in [0.1, 0.15) is 0 Å². The number of nitrogens with one attached hydrogen (secondary N) is 2. The average Bonchev–Trinajstić information content (AvgIpc) is 2.96. The minimum absolute atomic E-state index is 0.0163. The third-order valence-electron chi connectivity index (χ3n) is 3.64. The number of aromatic amines is 1. The van der Waals surface area contributed by atoms with Gasteiger partial charge in [0, 0.05) is 11.1 Å². The Labute approximate surface area is 123 Å². The van der Waals surface area contributed by atoms with Crippen LogP contribution in [-0.2, 0) is 4.79 Å². The zero-order valence-corrected chi connectivity index (χ0v) is 11.8. The Hall–Kier alpha value is -2.62. The second kappa shape index (κ2) is 5.79. The summed E-state index contributed by atoms with van der Waals surface area (Å²) in [5.41, 5.74) is 2.74. The summed E-state index contributed by atoms with van der Waals surface area (Å²) in [4.78, 5) is 12.5. The molecule has 1 unspecified atom stereocenters. The smallest absolute Gasteiger partial charge is 0.231 e. The van der Waals surface area contributed by atoms with E-state index in [1.165, 1.54) is 0 Å². The van der Waals surface area contributed by atoms with E-state index in [1.807, 2.05) is 55.5 Å². The van der Waals surface area contributed by atoms with Gasteiger partial charge in [0.2, 0.25) is 5.91 Å². The van der Waals surface area contributed by atoms with Crippen LogP contribution in [0.1, 0.15) is 24.8 Å². The minimum atomic E-state index is -0.135. The quantitative estimate of drug-likeness (QED) is 0.765. The SMILES string of the molecule is CCC(C(=O)Nc1ccc2cn[nH]c2c1)c1ccccc1. The van der Waals surface area contributed by atoms with Gasteiger partial charge in [-0.05, 0) is 30.2 Å². The molecule has 0 saturated heterocycles. The number of hydrogen-bond donors (Lipinski definition) is 2. The predicted molar refractivity (Wildman–Crippen MR) is 84.2 cm³/mol. The van der Waals surface area contributed by atoms with Gasteiger partial charge in [-0.15, -0.1) is 0 Å². The second-order valence-corrected chi connectivity index (χ2v) is 5.03. The number of rotatable bonds is 4. The summed E-state index contributed by atoms with van der Waals surface area (Å²) in [6.45, 7) is 2.02. The predicted octanol–water partition coefficient (Wildman–Crippen LogP) is 3.70. The molecule has 1 amide bonds. The van der Waals surface area contributed by atoms with Crippen LogP contribution in [0, 0.1) is 0 Å². The minimum Gasteiger partial charge on any atom is -0.325 e. The molecule has 1 atom stereocenters. The zero-order chi connectivity index (χ0) is 14.7. The van der Waals surface area contributed by atoms with Crippen LogP contribution in [0.2, 0.25) is 0 Å². The first-order chi connectivity index (χ1) is 10.3. The molecular formula is C17H17N3O. The lowest BCUT2D eigenvalue weighted by Gasteiger charge is -2.15. The number of aromatic nitrogens is 2. The Balaban J connectivity index is 1.81. The maximum absolute atomic E-state index is 12.5. The number of nitrogens with zero attached hydrogens (tertiary/aromatic N) is 1. The molecule has 0 radical (unpaired) electrons. The molecule has 2 N–H and O–H groups in total. The van der Waals surface area contributed by atoms with Crippen molar-refractivity contribution in [3.63, 3.8) is 0 Å². The molecule has 1 heterocycles. The Morgan fingerprint density at radius 1 is 1.24 bits per heavy atom. The Bertz CT molecular complexity index is 749. The summed E-state index contributed by atoms with van der Waals surface area (Å²) in [5, 5.41) is 10.9. The Kier molecular flexibility index (Phi) is 3.69. The number of hydrogen-bond acceptors (Lipinski definition) is 2. The van der Waals surface area contributed by atoms with Crippen LogP contribution in [0.25, 0.3) is 10.9 Å². The van der Waals surface area contributed by atoms with E-state index in [4.69, 9.17) is 0 Å². The van der Waals surface area contributed by atoms with Crippen molar-refractivity contribution in [2.75, 3.05) is 5.32 Å². The average molecular weight is 279 g/mol. The van der Waals surface area contributed by atoms with Gasteiger partial charge >= 0.3 is 0 Å². The van der Waals surface area contributed by atoms with Crippen LogP contribution in [0.3, 0.4) is 0 Å². The topological polar surface area (TPSA) is 57.8 Å². The van der Waals surface area contributed by atoms with Crippen molar-refractivity contribution < 1.29 is 4.79 Å². The van der Waals surface area contributed by atoms with E-state index in [0.29, 0.717) is 0 Å². The number of carbonyl (C=O) groups is 1. The molecule has 3 aromatic rings. The molecule has 0 spiro atoms. The van der Waals surface area contributed by atoms with Gasteiger partial charge in [-0.1, -0.05) is 37.3 Å². The molecular weight excluding hydrogens is 262 g/mol. The fourth-order valence-electron chi connectivity index (χ4n) is 2.50. The number of anilines is 1. The van der Waals surface area contributed by atoms with Gasteiger partial charge in [0.05, 0.1) is 17.6 Å². The molecule has 21 heavy (non-hydrogen) atoms. The van der Waals surface area contributed by atoms with Crippen LogP contribution in [0.4, 0.5) is 5.69 Å². The standard InChI is InChI=1S/C17H17N3O/c1-2-15(12-6-4-3-5-7-12)17(21)19-14-9-8-13-11-18-20-16(13)10-14/h3-11,15H,2H2,1H3,(H,18,20)(H,19,21). The summed E-state index contributed by atoms with van der Waals surface area (Å²) in [5.74, 6) is -0.119. The molecule has 106 valence electrons. The van der Waals surface area contributed by atoms with Gasteiger partial charge in [0.25, 0.3) is 0 Å². The molecule has 0 aliphatic rings. The number of fused-ring (bicyclic) bond motifs is 1. The second-order valence-electron chi connectivity index (χ2n) is 5.03. The highest BCUT2D eigenvalue weighted by Crippen LogP contribution is 2.23. The van der Waals surface area contributed by atoms with Crippen LogP contribution < -0.4 is 5.32 Å². The van der Waals surface area contributed by atoms with E-state index in [-0.39, 0.29) is 11.8 Å². The highest BCUT2D eigenvalue weighted by atomic mass is 16.1. The first kappa shape index (κ1) is 13.4. The van der Waals surface area contributed by atoms with Crippen molar-refractivity contribution in [1.29, 1.82) is 0 Å². The number of H-pyrrole nitrogens is 1. The van der Waals surface area contributed by atoms with Gasteiger partial charge in [-0.25, -0.2) is 0 Å². The number of amides is 1. The fourth-order valence-corrected chi connectivity index (χ4v) is 2.50. The molecule has 0 bridgehead atoms. The van der Waals surface area contributed by atoms with Crippen molar-refractivity contribution in [3.05, 3.63) is 60.3 Å². The zero-order valence-electron chi connectivity index (χ0n) is 11.8. The molecule has 0 aliphatic carbocycles. The third kappa shape index (κ3) is 2.79. The van der Waals surface area contributed by atoms with Gasteiger partial charge in [-0.3, -0.25) is 9.89 Å². The summed E-state index contributed by atoms with van der Waals surface area (Å²) < 4.78 is 0. The largest absolute Gasteiger partial charge is 0.325 e. The Morgan fingerprint density at radius 3 is 2.81 bits per heavy atom. The van der Waals surface area contributed by atoms with E-state index in [1.54, 1.807) is 6.20 Å². The number of benzene rings is 2. The van der Waals surface area contributed by atoms with Crippen molar-refractivity contribution in [2.45, 2.75) is 19.3 Å². The first-order valence-corrected chi connectivity index (χ1v) is 7.07. The fraction of sp³-hybridized carbons (Fsp3) is 0.176. The molecule has 1 aromatic heterocycles. The third-order valence-corrected chi connectivity index (χ3v) is 3.64. The van der Waals surface area contributed by atoms with Gasteiger partial charge in [0.15, 0.2) is 0 Å². The molecule has 4 nitrogen and oxygen atoms in total. The highest BCUT2D eigenvalue weighted by Gasteiger charge is 2.18. The summed E-state index contributed by atoms with van der Waals surface area (Å²) in [6, 6.07) is 15.6. The Morgan fingerprint density at radius 2 is 2.05 bits per heavy atom. The van der Waals surface area contributed by atoms with Crippen molar-refractivity contribution in [3.8, 4) is 0 Å². The van der Waals surface area contributed by atoms with Crippen molar-refractivity contribution >= 4 is 22.5 Å². The van der Waals surface area contributed by atoms with Crippen molar-refractivity contribution in [1.82, 2.24) is 10.2 Å². The van der Waals surface area contributed by atoms with E-state index in [2.05, 4.69) is 15.5 Å². The van der Waals surface area contributed by atoms with E-state index in [9.17, 15) is 4.79 Å². The molecule has 0 aliphatic heterocycles. The highest BCUT2D eigenvalue weighted by molar-refractivity contribution is 5.97. The molecule has 0 fully saturated rings. The molecule has 3 rings (SSSR count). The maximum Gasteiger partial charge on any atom is 0.231 e. The normalized spacial score (nSPS) is 12.2. The monoisotopic (exact) mass is 279 g/mol. The van der Waals surface area contributed by atoms with Crippen LogP contribution in [-0.4, -0.2) is 16.1 Å². The lowest BCUT2D eigenvalue weighted by atomic mass is 9.95. The maximum atomic E-state index is 12.5. The lowest BCUT2D eigenvalue weighted by molar-refractivity contribution is -0.117. The van der Waals surface area contributed by atoms with E-state index >= 15 is 0 Å². The summed E-state index contributed by atoms with van der Waals surface area (Å²) in [7, 11) is 0. The molecule has 2 aromatic carbocycles. The van der Waals surface area contributed by atoms with Crippen LogP contribution in [0.5, 0.6) is 0 Å². The van der Waals surface area contributed by atoms with Crippen LogP contribution >= 0.6 is 0 Å². The van der Waals surface area contributed by atoms with E-state index < -0.39 is 0 Å². The number of carbonyl (C=O) groups excluding carboxylic acids is 1. The molecule has 4 heteroatoms. The van der Waals surface area contributed by atoms with Gasteiger partial charge < -0.3 is 5.32 Å².